The fourth-order valence-corrected chi connectivity index (χ4v) is 3.52. The first kappa shape index (κ1) is 29.3. The topological polar surface area (TPSA) is 108 Å². The van der Waals surface area contributed by atoms with Crippen LogP contribution in [0.1, 0.15) is 25.8 Å². The van der Waals surface area contributed by atoms with Crippen LogP contribution < -0.4 is 16.0 Å². The van der Waals surface area contributed by atoms with Crippen molar-refractivity contribution in [3.05, 3.63) is 66.2 Å². The Morgan fingerprint density at radius 1 is 0.892 bits per heavy atom. The molecule has 2 rings (SSSR count). The van der Waals surface area contributed by atoms with Gasteiger partial charge in [-0.15, -0.1) is 0 Å². The van der Waals surface area contributed by atoms with Crippen LogP contribution in [0, 0.1) is 5.92 Å². The smallest absolute Gasteiger partial charge is 0.345 e. The van der Waals surface area contributed by atoms with Gasteiger partial charge < -0.3 is 20.9 Å². The summed E-state index contributed by atoms with van der Waals surface area (Å²) in [5, 5.41) is 6.74. The lowest BCUT2D eigenvalue weighted by Crippen LogP contribution is -2.54. The van der Waals surface area contributed by atoms with Gasteiger partial charge in [0.15, 0.2) is 0 Å². The van der Waals surface area contributed by atoms with E-state index in [2.05, 4.69) is 10.6 Å². The predicted molar refractivity (Wildman–Crippen MR) is 132 cm³/mol. The van der Waals surface area contributed by atoms with Gasteiger partial charge in [-0.1, -0.05) is 62.4 Å². The van der Waals surface area contributed by atoms with E-state index in [4.69, 9.17) is 0 Å². The molecule has 0 heterocycles. The molecule has 0 bridgehead atoms. The lowest BCUT2D eigenvalue weighted by molar-refractivity contribution is -0.174. The van der Waals surface area contributed by atoms with E-state index in [0.29, 0.717) is 17.7 Å². The molecule has 0 radical (unpaired) electrons. The van der Waals surface area contributed by atoms with Gasteiger partial charge in [0.05, 0.1) is 6.54 Å². The van der Waals surface area contributed by atoms with Gasteiger partial charge in [0.1, 0.15) is 12.1 Å². The Kier molecular flexibility index (Phi) is 10.6. The number of alkyl halides is 3. The summed E-state index contributed by atoms with van der Waals surface area (Å²) in [6, 6.07) is 14.5. The summed E-state index contributed by atoms with van der Waals surface area (Å²) in [5.74, 6) is -4.20. The molecular weight excluding hydrogens is 489 g/mol. The number of carbonyl (C=O) groups excluding carboxylic acids is 4. The van der Waals surface area contributed by atoms with E-state index < -0.39 is 48.4 Å². The highest BCUT2D eigenvalue weighted by Crippen LogP contribution is 2.16. The van der Waals surface area contributed by atoms with E-state index in [1.54, 1.807) is 66.0 Å². The molecule has 0 fully saturated rings. The average Bonchev–Trinajstić information content (AvgIpc) is 2.85. The van der Waals surface area contributed by atoms with E-state index in [-0.39, 0.29) is 12.3 Å². The number of nitrogens with one attached hydrogen (secondary N) is 3. The molecule has 4 amide bonds. The zero-order valence-corrected chi connectivity index (χ0v) is 20.8. The molecule has 0 saturated heterocycles. The maximum atomic E-state index is 12.9. The number of likely N-dealkylation sites (N-methyl/N-ethyl adjacent to an activating group) is 1. The molecule has 0 unspecified atom stereocenters. The monoisotopic (exact) mass is 520 g/mol. The Bertz CT molecular complexity index is 1060. The minimum absolute atomic E-state index is 0.0594. The van der Waals surface area contributed by atoms with Crippen molar-refractivity contribution in [3.8, 4) is 0 Å². The second kappa shape index (κ2) is 13.4. The third kappa shape index (κ3) is 9.59. The first-order valence-corrected chi connectivity index (χ1v) is 11.7. The van der Waals surface area contributed by atoms with Crippen LogP contribution >= 0.6 is 0 Å². The number of nitrogens with zero attached hydrogens (tertiary/aromatic N) is 1. The van der Waals surface area contributed by atoms with Crippen molar-refractivity contribution in [2.45, 2.75) is 44.9 Å². The van der Waals surface area contributed by atoms with Crippen LogP contribution in [0.15, 0.2) is 60.7 Å². The summed E-state index contributed by atoms with van der Waals surface area (Å²) in [7, 11) is 1.42. The second-order valence-electron chi connectivity index (χ2n) is 8.94. The largest absolute Gasteiger partial charge is 0.471 e. The van der Waals surface area contributed by atoms with E-state index in [0.717, 1.165) is 0 Å². The third-order valence-electron chi connectivity index (χ3n) is 5.48. The van der Waals surface area contributed by atoms with Gasteiger partial charge in [0.2, 0.25) is 17.7 Å². The molecule has 2 aromatic rings. The highest BCUT2D eigenvalue weighted by molar-refractivity contribution is 5.98. The average molecular weight is 521 g/mol. The molecule has 0 aliphatic carbocycles. The maximum absolute atomic E-state index is 12.9. The molecule has 0 aliphatic rings. The van der Waals surface area contributed by atoms with Crippen molar-refractivity contribution < 1.29 is 32.3 Å². The van der Waals surface area contributed by atoms with Crippen LogP contribution in [0.5, 0.6) is 0 Å². The molecule has 37 heavy (non-hydrogen) atoms. The van der Waals surface area contributed by atoms with Gasteiger partial charge in [-0.3, -0.25) is 19.2 Å². The lowest BCUT2D eigenvalue weighted by Gasteiger charge is -2.29. The number of para-hydroxylation sites is 1. The van der Waals surface area contributed by atoms with Crippen molar-refractivity contribution in [3.63, 3.8) is 0 Å². The van der Waals surface area contributed by atoms with Crippen LogP contribution in [0.2, 0.25) is 0 Å². The molecule has 0 aromatic heterocycles. The van der Waals surface area contributed by atoms with Gasteiger partial charge in [-0.25, -0.2) is 0 Å². The van der Waals surface area contributed by atoms with Gasteiger partial charge >= 0.3 is 12.1 Å². The summed E-state index contributed by atoms with van der Waals surface area (Å²) in [5.41, 5.74) is 1.07. The molecule has 0 spiro atoms. The molecule has 200 valence electrons. The summed E-state index contributed by atoms with van der Waals surface area (Å²) in [4.78, 5) is 51.2. The van der Waals surface area contributed by atoms with Crippen molar-refractivity contribution in [2.24, 2.45) is 5.92 Å². The number of hydrogen-bond acceptors (Lipinski definition) is 4. The number of hydrogen-bond donors (Lipinski definition) is 3. The normalized spacial score (nSPS) is 12.8. The SMILES string of the molecule is CC(C)C[C@@H](C(=O)Nc1ccccc1)N(C)C(=O)CNC(=O)[C@H](Cc1ccccc1)NC(=O)C(F)(F)F. The van der Waals surface area contributed by atoms with Crippen LogP contribution in [0.25, 0.3) is 0 Å². The Morgan fingerprint density at radius 3 is 2.00 bits per heavy atom. The van der Waals surface area contributed by atoms with Crippen LogP contribution in [-0.2, 0) is 25.6 Å². The van der Waals surface area contributed by atoms with Crippen LogP contribution in [0.3, 0.4) is 0 Å². The highest BCUT2D eigenvalue weighted by atomic mass is 19.4. The Hall–Kier alpha value is -3.89. The second-order valence-corrected chi connectivity index (χ2v) is 8.94. The Morgan fingerprint density at radius 2 is 1.46 bits per heavy atom. The molecule has 11 heteroatoms. The van der Waals surface area contributed by atoms with Gasteiger partial charge in [-0.05, 0) is 30.0 Å². The molecule has 8 nitrogen and oxygen atoms in total. The molecule has 3 N–H and O–H groups in total. The van der Waals surface area contributed by atoms with Crippen LogP contribution in [-0.4, -0.2) is 60.4 Å². The Labute approximate surface area is 213 Å². The van der Waals surface area contributed by atoms with Gasteiger partial charge in [0, 0.05) is 19.2 Å². The maximum Gasteiger partial charge on any atom is 0.471 e. The van der Waals surface area contributed by atoms with E-state index in [1.807, 2.05) is 13.8 Å². The zero-order valence-electron chi connectivity index (χ0n) is 20.8. The molecule has 0 aliphatic heterocycles. The first-order valence-electron chi connectivity index (χ1n) is 11.7. The molecule has 2 aromatic carbocycles. The Balaban J connectivity index is 2.08. The van der Waals surface area contributed by atoms with Crippen LogP contribution in [0.4, 0.5) is 18.9 Å². The molecule has 0 saturated carbocycles. The summed E-state index contributed by atoms with van der Waals surface area (Å²) in [6.45, 7) is 3.20. The predicted octanol–water partition coefficient (Wildman–Crippen LogP) is 2.90. The fraction of sp³-hybridized carbons (Fsp3) is 0.385. The number of halogens is 3. The summed E-state index contributed by atoms with van der Waals surface area (Å²) >= 11 is 0. The van der Waals surface area contributed by atoms with E-state index in [1.165, 1.54) is 11.9 Å². The third-order valence-corrected chi connectivity index (χ3v) is 5.48. The highest BCUT2D eigenvalue weighted by Gasteiger charge is 2.41. The summed E-state index contributed by atoms with van der Waals surface area (Å²) in [6.07, 6.45) is -5.05. The van der Waals surface area contributed by atoms with Crippen molar-refractivity contribution in [2.75, 3.05) is 18.9 Å². The molecule has 2 atom stereocenters. The lowest BCUT2D eigenvalue weighted by atomic mass is 10.0. The minimum atomic E-state index is -5.18. The van der Waals surface area contributed by atoms with E-state index >= 15 is 0 Å². The fourth-order valence-electron chi connectivity index (χ4n) is 3.52. The van der Waals surface area contributed by atoms with Gasteiger partial charge in [-0.2, -0.15) is 13.2 Å². The first-order chi connectivity index (χ1) is 17.4. The van der Waals surface area contributed by atoms with E-state index in [9.17, 15) is 32.3 Å². The number of rotatable bonds is 11. The number of benzene rings is 2. The number of anilines is 1. The standard InChI is InChI=1S/C26H31F3N4O4/c1-17(2)14-21(24(36)31-19-12-8-5-9-13-19)33(3)22(34)16-30-23(35)20(32-25(37)26(27,28)29)15-18-10-6-4-7-11-18/h4-13,17,20-21H,14-16H2,1-3H3,(H,30,35)(H,31,36)(H,32,37)/t20-,21-/m0/s1. The molecular formula is C26H31F3N4O4. The van der Waals surface area contributed by atoms with Crippen molar-refractivity contribution in [1.82, 2.24) is 15.5 Å². The quantitative estimate of drug-likeness (QED) is 0.424. The van der Waals surface area contributed by atoms with Crippen molar-refractivity contribution in [1.29, 1.82) is 0 Å². The number of amides is 4. The number of carbonyl (C=O) groups is 4. The van der Waals surface area contributed by atoms with Gasteiger partial charge in [0.25, 0.3) is 0 Å². The summed E-state index contributed by atoms with van der Waals surface area (Å²) < 4.78 is 38.4. The zero-order chi connectivity index (χ0) is 27.6. The minimum Gasteiger partial charge on any atom is -0.345 e. The van der Waals surface area contributed by atoms with Crippen molar-refractivity contribution >= 4 is 29.3 Å².